The van der Waals surface area contributed by atoms with Crippen molar-refractivity contribution in [2.75, 3.05) is 4.90 Å². The van der Waals surface area contributed by atoms with E-state index in [1.54, 1.807) is 48.5 Å². The zero-order chi connectivity index (χ0) is 22.8. The molecule has 0 aromatic heterocycles. The number of nitro groups is 1. The van der Waals surface area contributed by atoms with E-state index in [0.717, 1.165) is 22.6 Å². The summed E-state index contributed by atoms with van der Waals surface area (Å²) in [6.45, 7) is 1.88. The lowest BCUT2D eigenvalue weighted by Crippen LogP contribution is -2.36. The average molecular weight is 429 g/mol. The topological polar surface area (TPSA) is 119 Å². The number of amides is 2. The fourth-order valence-electron chi connectivity index (χ4n) is 3.17. The van der Waals surface area contributed by atoms with Gasteiger partial charge in [-0.1, -0.05) is 41.1 Å². The summed E-state index contributed by atoms with van der Waals surface area (Å²) in [5.74, 6) is -2.16. The number of carbonyl (C=O) groups is 3. The Bertz CT molecular complexity index is 1280. The number of non-ortho nitro benzene ring substituents is 1. The van der Waals surface area contributed by atoms with Crippen LogP contribution in [0.4, 0.5) is 11.4 Å². The van der Waals surface area contributed by atoms with Crippen LogP contribution in [0.15, 0.2) is 78.0 Å². The largest absolute Gasteiger partial charge is 0.365 e. The number of carbonyl (C=O) groups excluding carboxylic acids is 3. The van der Waals surface area contributed by atoms with E-state index in [4.69, 9.17) is 4.84 Å². The van der Waals surface area contributed by atoms with Gasteiger partial charge in [0.05, 0.1) is 16.2 Å². The standard InChI is InChI=1S/C23H15N3O6/c1-14-6-8-15(9-7-14)21(27)25-19-5-3-2-4-18(19)20(22(25)28)24-32-23(29)16-10-12-17(13-11-16)26(30)31/h2-13H,1H3/b24-20+. The van der Waals surface area contributed by atoms with E-state index in [1.165, 1.54) is 12.1 Å². The van der Waals surface area contributed by atoms with Crippen LogP contribution in [0.5, 0.6) is 0 Å². The lowest BCUT2D eigenvalue weighted by molar-refractivity contribution is -0.384. The SMILES string of the molecule is Cc1ccc(C(=O)N2C(=O)/C(=N/OC(=O)c3ccc([N+](=O)[O-])cc3)c3ccccc32)cc1. The molecule has 9 nitrogen and oxygen atoms in total. The minimum absolute atomic E-state index is 0.0197. The van der Waals surface area contributed by atoms with Crippen LogP contribution in [0.1, 0.15) is 31.8 Å². The first-order valence-electron chi connectivity index (χ1n) is 9.45. The van der Waals surface area contributed by atoms with Gasteiger partial charge >= 0.3 is 5.97 Å². The molecule has 1 aliphatic heterocycles. The zero-order valence-electron chi connectivity index (χ0n) is 16.7. The summed E-state index contributed by atoms with van der Waals surface area (Å²) in [5.41, 5.74) is 1.60. The molecule has 0 spiro atoms. The van der Waals surface area contributed by atoms with Crippen LogP contribution in [0.2, 0.25) is 0 Å². The number of hydrogen-bond acceptors (Lipinski definition) is 7. The molecule has 32 heavy (non-hydrogen) atoms. The molecule has 9 heteroatoms. The van der Waals surface area contributed by atoms with Crippen molar-refractivity contribution in [3.8, 4) is 0 Å². The minimum Gasteiger partial charge on any atom is -0.312 e. The Morgan fingerprint density at radius 3 is 2.22 bits per heavy atom. The highest BCUT2D eigenvalue weighted by Crippen LogP contribution is 2.31. The first-order valence-corrected chi connectivity index (χ1v) is 9.45. The van der Waals surface area contributed by atoms with Gasteiger partial charge in [-0.2, -0.15) is 0 Å². The van der Waals surface area contributed by atoms with E-state index in [1.807, 2.05) is 6.92 Å². The van der Waals surface area contributed by atoms with E-state index in [0.29, 0.717) is 16.8 Å². The normalized spacial score (nSPS) is 13.7. The number of nitrogens with zero attached hydrogens (tertiary/aromatic N) is 3. The van der Waals surface area contributed by atoms with Crippen LogP contribution >= 0.6 is 0 Å². The minimum atomic E-state index is -0.902. The Morgan fingerprint density at radius 2 is 1.56 bits per heavy atom. The maximum atomic E-state index is 13.0. The molecule has 0 N–H and O–H groups in total. The van der Waals surface area contributed by atoms with Crippen LogP contribution in [-0.4, -0.2) is 28.4 Å². The molecule has 0 atom stereocenters. The van der Waals surface area contributed by atoms with Gasteiger partial charge in [-0.25, -0.2) is 9.69 Å². The Labute approximate surface area is 181 Å². The third-order valence-electron chi connectivity index (χ3n) is 4.84. The number of rotatable bonds is 4. The smallest absolute Gasteiger partial charge is 0.312 e. The van der Waals surface area contributed by atoms with Crippen LogP contribution in [-0.2, 0) is 9.63 Å². The highest BCUT2D eigenvalue weighted by molar-refractivity contribution is 6.58. The Kier molecular flexibility index (Phi) is 5.30. The predicted molar refractivity (Wildman–Crippen MR) is 114 cm³/mol. The molecule has 0 saturated heterocycles. The maximum absolute atomic E-state index is 13.0. The second-order valence-electron chi connectivity index (χ2n) is 6.95. The van der Waals surface area contributed by atoms with Crippen molar-refractivity contribution in [3.05, 3.63) is 105 Å². The van der Waals surface area contributed by atoms with Crippen molar-refractivity contribution in [3.63, 3.8) is 0 Å². The summed E-state index contributed by atoms with van der Waals surface area (Å²) in [6, 6.07) is 18.1. The summed E-state index contributed by atoms with van der Waals surface area (Å²) >= 11 is 0. The fraction of sp³-hybridized carbons (Fsp3) is 0.0435. The predicted octanol–water partition coefficient (Wildman–Crippen LogP) is 3.65. The molecule has 4 rings (SSSR count). The maximum Gasteiger partial charge on any atom is 0.365 e. The highest BCUT2D eigenvalue weighted by Gasteiger charge is 2.39. The van der Waals surface area contributed by atoms with Gasteiger partial charge in [0.15, 0.2) is 5.71 Å². The molecule has 1 heterocycles. The van der Waals surface area contributed by atoms with Gasteiger partial charge in [0.25, 0.3) is 17.5 Å². The number of nitro benzene ring substituents is 1. The molecule has 1 aliphatic rings. The molecule has 3 aromatic carbocycles. The zero-order valence-corrected chi connectivity index (χ0v) is 16.7. The van der Waals surface area contributed by atoms with Crippen molar-refractivity contribution in [2.45, 2.75) is 6.92 Å². The quantitative estimate of drug-likeness (QED) is 0.270. The molecule has 0 fully saturated rings. The van der Waals surface area contributed by atoms with E-state index in [2.05, 4.69) is 5.16 Å². The van der Waals surface area contributed by atoms with Crippen LogP contribution < -0.4 is 4.90 Å². The average Bonchev–Trinajstić information content (AvgIpc) is 3.08. The van der Waals surface area contributed by atoms with Crippen molar-refractivity contribution >= 4 is 34.9 Å². The number of anilines is 1. The van der Waals surface area contributed by atoms with Gasteiger partial charge in [0.1, 0.15) is 0 Å². The summed E-state index contributed by atoms with van der Waals surface area (Å²) in [5, 5.41) is 14.4. The van der Waals surface area contributed by atoms with Crippen molar-refractivity contribution in [2.24, 2.45) is 5.16 Å². The molecular formula is C23H15N3O6. The summed E-state index contributed by atoms with van der Waals surface area (Å²) in [4.78, 5) is 54.3. The van der Waals surface area contributed by atoms with Crippen LogP contribution in [0.25, 0.3) is 0 Å². The molecule has 0 radical (unpaired) electrons. The van der Waals surface area contributed by atoms with Crippen LogP contribution in [0.3, 0.4) is 0 Å². The molecule has 0 aliphatic carbocycles. The lowest BCUT2D eigenvalue weighted by Gasteiger charge is -2.14. The number of aryl methyl sites for hydroxylation is 1. The van der Waals surface area contributed by atoms with Gasteiger partial charge in [0, 0.05) is 23.3 Å². The van der Waals surface area contributed by atoms with Crippen molar-refractivity contribution in [1.82, 2.24) is 0 Å². The number of hydrogen-bond donors (Lipinski definition) is 0. The second-order valence-corrected chi connectivity index (χ2v) is 6.95. The van der Waals surface area contributed by atoms with E-state index < -0.39 is 22.7 Å². The molecule has 2 amide bonds. The third kappa shape index (κ3) is 3.74. The molecule has 0 unspecified atom stereocenters. The molecule has 0 saturated carbocycles. The van der Waals surface area contributed by atoms with Gasteiger partial charge < -0.3 is 4.84 Å². The van der Waals surface area contributed by atoms with Crippen LogP contribution in [0, 0.1) is 17.0 Å². The Morgan fingerprint density at radius 1 is 0.938 bits per heavy atom. The second kappa shape index (κ2) is 8.23. The number of fused-ring (bicyclic) bond motifs is 1. The van der Waals surface area contributed by atoms with E-state index >= 15 is 0 Å². The molecule has 3 aromatic rings. The fourth-order valence-corrected chi connectivity index (χ4v) is 3.17. The molecule has 158 valence electrons. The monoisotopic (exact) mass is 429 g/mol. The number of para-hydroxylation sites is 1. The summed E-state index contributed by atoms with van der Waals surface area (Å²) in [7, 11) is 0. The Balaban J connectivity index is 1.62. The summed E-state index contributed by atoms with van der Waals surface area (Å²) in [6.07, 6.45) is 0. The van der Waals surface area contributed by atoms with Gasteiger partial charge in [0.2, 0.25) is 0 Å². The molecular weight excluding hydrogens is 414 g/mol. The van der Waals surface area contributed by atoms with E-state index in [-0.39, 0.29) is 17.0 Å². The number of benzene rings is 3. The first kappa shape index (κ1) is 20.6. The van der Waals surface area contributed by atoms with Gasteiger partial charge in [-0.05, 0) is 37.3 Å². The highest BCUT2D eigenvalue weighted by atomic mass is 16.7. The summed E-state index contributed by atoms with van der Waals surface area (Å²) < 4.78 is 0. The Hall–Kier alpha value is -4.66. The number of imide groups is 1. The van der Waals surface area contributed by atoms with Gasteiger partial charge in [-0.15, -0.1) is 0 Å². The molecule has 0 bridgehead atoms. The lowest BCUT2D eigenvalue weighted by atomic mass is 10.1. The number of oxime groups is 1. The van der Waals surface area contributed by atoms with Crippen molar-refractivity contribution < 1.29 is 24.1 Å². The third-order valence-corrected chi connectivity index (χ3v) is 4.84. The van der Waals surface area contributed by atoms with E-state index in [9.17, 15) is 24.5 Å². The van der Waals surface area contributed by atoms with Crippen molar-refractivity contribution in [1.29, 1.82) is 0 Å². The first-order chi connectivity index (χ1) is 15.4. The van der Waals surface area contributed by atoms with Gasteiger partial charge in [-0.3, -0.25) is 19.7 Å².